The van der Waals surface area contributed by atoms with Crippen LogP contribution in [0.3, 0.4) is 0 Å². The normalized spacial score (nSPS) is 17.1. The number of carboxylic acid groups (broad SMARTS) is 1. The van der Waals surface area contributed by atoms with Gasteiger partial charge in [0.2, 0.25) is 23.6 Å². The first-order valence-electron chi connectivity index (χ1n) is 15.6. The highest BCUT2D eigenvalue weighted by molar-refractivity contribution is 5.96. The number of aromatic hydroxyl groups is 1. The van der Waals surface area contributed by atoms with Crippen molar-refractivity contribution in [3.63, 3.8) is 0 Å². The number of carboxylic acids is 1. The number of rotatable bonds is 17. The Balaban J connectivity index is 2.23. The second-order valence-electron chi connectivity index (χ2n) is 12.4. The molecule has 1 fully saturated rings. The van der Waals surface area contributed by atoms with Crippen LogP contribution < -0.4 is 33.2 Å². The molecule has 1 aromatic rings. The molecule has 1 aliphatic rings. The van der Waals surface area contributed by atoms with Gasteiger partial charge in [-0.2, -0.15) is 0 Å². The molecule has 1 aromatic carbocycles. The van der Waals surface area contributed by atoms with Gasteiger partial charge in [-0.1, -0.05) is 39.8 Å². The van der Waals surface area contributed by atoms with Gasteiger partial charge < -0.3 is 48.3 Å². The number of benzene rings is 1. The lowest BCUT2D eigenvalue weighted by Crippen LogP contribution is -2.59. The third kappa shape index (κ3) is 11.8. The standard InChI is InChI=1S/C31H50N8O7/c1-17(2)15-23(38-26(41)22(37-28(43)25(32)18(3)4)16-19-9-11-20(40)12-10-19)29(44)39-14-6-8-24(39)27(42)36-21(30(45)46)7-5-13-35-31(33)34/h9-12,17-18,21-25,40H,5-8,13-16,32H2,1-4H3,(H,36,42)(H,37,43)(H,38,41)(H,45,46)(H4,33,34,35)/t21-,22-,23-,24-,25-/m0/s1. The van der Waals surface area contributed by atoms with Gasteiger partial charge in [0.1, 0.15) is 29.9 Å². The summed E-state index contributed by atoms with van der Waals surface area (Å²) in [7, 11) is 0. The van der Waals surface area contributed by atoms with Crippen molar-refractivity contribution in [3.05, 3.63) is 29.8 Å². The number of phenols is 1. The molecule has 4 amide bonds. The molecule has 0 aromatic heterocycles. The number of carbonyl (C=O) groups is 5. The summed E-state index contributed by atoms with van der Waals surface area (Å²) in [5, 5.41) is 27.4. The van der Waals surface area contributed by atoms with Crippen molar-refractivity contribution < 1.29 is 34.2 Å². The molecule has 1 saturated heterocycles. The first-order chi connectivity index (χ1) is 21.6. The first kappa shape index (κ1) is 37.8. The van der Waals surface area contributed by atoms with Gasteiger partial charge >= 0.3 is 5.97 Å². The Labute approximate surface area is 269 Å². The predicted molar refractivity (Wildman–Crippen MR) is 172 cm³/mol. The first-order valence-corrected chi connectivity index (χ1v) is 15.6. The zero-order valence-electron chi connectivity index (χ0n) is 27.1. The Kier molecular flexibility index (Phi) is 14.7. The van der Waals surface area contributed by atoms with Crippen LogP contribution >= 0.6 is 0 Å². The lowest BCUT2D eigenvalue weighted by Gasteiger charge is -2.31. The van der Waals surface area contributed by atoms with Crippen molar-refractivity contribution >= 4 is 35.6 Å². The van der Waals surface area contributed by atoms with E-state index in [1.54, 1.807) is 26.0 Å². The highest BCUT2D eigenvalue weighted by Gasteiger charge is 2.39. The Morgan fingerprint density at radius 3 is 2.15 bits per heavy atom. The lowest BCUT2D eigenvalue weighted by molar-refractivity contribution is -0.145. The van der Waals surface area contributed by atoms with Gasteiger partial charge in [-0.15, -0.1) is 0 Å². The van der Waals surface area contributed by atoms with Crippen LogP contribution in [0.1, 0.15) is 65.4 Å². The largest absolute Gasteiger partial charge is 0.508 e. The molecule has 0 unspecified atom stereocenters. The van der Waals surface area contributed by atoms with Crippen LogP contribution in [0.2, 0.25) is 0 Å². The van der Waals surface area contributed by atoms with Crippen LogP contribution in [-0.2, 0) is 30.4 Å². The number of nitrogens with two attached hydrogens (primary N) is 3. The van der Waals surface area contributed by atoms with E-state index in [0.29, 0.717) is 24.8 Å². The Morgan fingerprint density at radius 1 is 0.957 bits per heavy atom. The quantitative estimate of drug-likeness (QED) is 0.0614. The fourth-order valence-corrected chi connectivity index (χ4v) is 5.15. The van der Waals surface area contributed by atoms with Gasteiger partial charge in [0.05, 0.1) is 6.04 Å². The topological polar surface area (TPSA) is 256 Å². The number of likely N-dealkylation sites (tertiary alicyclic amines) is 1. The lowest BCUT2D eigenvalue weighted by atomic mass is 9.99. The molecular formula is C31H50N8O7. The van der Waals surface area contributed by atoms with Crippen LogP contribution in [0.25, 0.3) is 0 Å². The Bertz CT molecular complexity index is 1230. The fourth-order valence-electron chi connectivity index (χ4n) is 5.15. The number of nitrogens with one attached hydrogen (secondary N) is 3. The zero-order chi connectivity index (χ0) is 34.6. The minimum atomic E-state index is -1.22. The number of aliphatic carboxylic acids is 1. The van der Waals surface area contributed by atoms with Crippen molar-refractivity contribution in [2.45, 2.75) is 96.4 Å². The van der Waals surface area contributed by atoms with Gasteiger partial charge in [0, 0.05) is 19.5 Å². The van der Waals surface area contributed by atoms with E-state index in [0.717, 1.165) is 0 Å². The van der Waals surface area contributed by atoms with E-state index in [4.69, 9.17) is 17.2 Å². The molecular weight excluding hydrogens is 596 g/mol. The smallest absolute Gasteiger partial charge is 0.326 e. The molecule has 0 saturated carbocycles. The van der Waals surface area contributed by atoms with Gasteiger partial charge in [-0.25, -0.2) is 4.79 Å². The highest BCUT2D eigenvalue weighted by atomic mass is 16.4. The number of hydrogen-bond acceptors (Lipinski definition) is 8. The minimum absolute atomic E-state index is 0.0229. The number of hydrogen-bond donors (Lipinski definition) is 8. The van der Waals surface area contributed by atoms with Crippen LogP contribution in [0, 0.1) is 11.8 Å². The van der Waals surface area contributed by atoms with Crippen molar-refractivity contribution in [2.75, 3.05) is 13.1 Å². The molecule has 15 nitrogen and oxygen atoms in total. The van der Waals surface area contributed by atoms with E-state index in [9.17, 15) is 34.2 Å². The summed E-state index contributed by atoms with van der Waals surface area (Å²) in [6.07, 6.45) is 1.56. The molecule has 0 bridgehead atoms. The number of carbonyl (C=O) groups excluding carboxylic acids is 4. The molecule has 46 heavy (non-hydrogen) atoms. The van der Waals surface area contributed by atoms with E-state index in [1.165, 1.54) is 17.0 Å². The molecule has 1 aliphatic heterocycles. The molecule has 256 valence electrons. The van der Waals surface area contributed by atoms with E-state index >= 15 is 0 Å². The molecule has 5 atom stereocenters. The molecule has 0 aliphatic carbocycles. The monoisotopic (exact) mass is 646 g/mol. The summed E-state index contributed by atoms with van der Waals surface area (Å²) in [4.78, 5) is 70.8. The van der Waals surface area contributed by atoms with Crippen LogP contribution in [0.15, 0.2) is 29.3 Å². The summed E-state index contributed by atoms with van der Waals surface area (Å²) in [5.41, 5.74) is 17.3. The molecule has 2 rings (SSSR count). The van der Waals surface area contributed by atoms with Crippen LogP contribution in [-0.4, -0.2) is 94.0 Å². The van der Waals surface area contributed by atoms with Crippen molar-refractivity contribution in [2.24, 2.45) is 34.0 Å². The number of amides is 4. The summed E-state index contributed by atoms with van der Waals surface area (Å²) in [5.74, 6) is -3.72. The average Bonchev–Trinajstić information content (AvgIpc) is 3.47. The van der Waals surface area contributed by atoms with Gasteiger partial charge in [-0.3, -0.25) is 24.2 Å². The molecule has 0 radical (unpaired) electrons. The maximum absolute atomic E-state index is 13.9. The van der Waals surface area contributed by atoms with Crippen molar-refractivity contribution in [1.29, 1.82) is 0 Å². The fraction of sp³-hybridized carbons (Fsp3) is 0.613. The number of phenolic OH excluding ortho intramolecular Hbond substituents is 1. The maximum Gasteiger partial charge on any atom is 0.326 e. The zero-order valence-corrected chi connectivity index (χ0v) is 27.1. The minimum Gasteiger partial charge on any atom is -0.508 e. The van der Waals surface area contributed by atoms with E-state index < -0.39 is 59.8 Å². The van der Waals surface area contributed by atoms with E-state index in [1.807, 2.05) is 13.8 Å². The SMILES string of the molecule is CC(C)C[C@H](NC(=O)[C@H](Cc1ccc(O)cc1)NC(=O)[C@@H](N)C(C)C)C(=O)N1CCC[C@H]1C(=O)N[C@@H](CCCN=C(N)N)C(=O)O. The molecule has 15 heteroatoms. The second-order valence-corrected chi connectivity index (χ2v) is 12.4. The van der Waals surface area contributed by atoms with Crippen LogP contribution in [0.5, 0.6) is 5.75 Å². The van der Waals surface area contributed by atoms with Gasteiger partial charge in [0.25, 0.3) is 0 Å². The summed E-state index contributed by atoms with van der Waals surface area (Å²) in [6, 6.07) is 1.09. The van der Waals surface area contributed by atoms with E-state index in [2.05, 4.69) is 20.9 Å². The number of nitrogens with zero attached hydrogens (tertiary/aromatic N) is 2. The van der Waals surface area contributed by atoms with Crippen molar-refractivity contribution in [1.82, 2.24) is 20.9 Å². The van der Waals surface area contributed by atoms with E-state index in [-0.39, 0.29) is 55.9 Å². The van der Waals surface area contributed by atoms with Gasteiger partial charge in [0.15, 0.2) is 5.96 Å². The second kappa shape index (κ2) is 17.9. The van der Waals surface area contributed by atoms with Crippen molar-refractivity contribution in [3.8, 4) is 5.75 Å². The molecule has 0 spiro atoms. The third-order valence-corrected chi connectivity index (χ3v) is 7.75. The molecule has 1 heterocycles. The Morgan fingerprint density at radius 2 is 1.59 bits per heavy atom. The third-order valence-electron chi connectivity index (χ3n) is 7.75. The summed E-state index contributed by atoms with van der Waals surface area (Å²) < 4.78 is 0. The number of aliphatic imine (C=N–C) groups is 1. The summed E-state index contributed by atoms with van der Waals surface area (Å²) in [6.45, 7) is 7.79. The Hall–Kier alpha value is -4.40. The maximum atomic E-state index is 13.9. The number of guanidine groups is 1. The summed E-state index contributed by atoms with van der Waals surface area (Å²) >= 11 is 0. The predicted octanol–water partition coefficient (Wildman–Crippen LogP) is -0.452. The highest BCUT2D eigenvalue weighted by Crippen LogP contribution is 2.21. The van der Waals surface area contributed by atoms with Crippen LogP contribution in [0.4, 0.5) is 0 Å². The van der Waals surface area contributed by atoms with Gasteiger partial charge in [-0.05, 0) is 61.6 Å². The average molecular weight is 647 g/mol. The molecule has 11 N–H and O–H groups in total.